The molecule has 0 atom stereocenters. The molecule has 6 heteroatoms. The largest absolute Gasteiger partial charge is 0.493 e. The predicted octanol–water partition coefficient (Wildman–Crippen LogP) is 5.22. The molecular weight excluding hydrogens is 388 g/mol. The number of anilines is 1. The molecule has 0 radical (unpaired) electrons. The van der Waals surface area contributed by atoms with E-state index in [9.17, 15) is 4.79 Å². The van der Waals surface area contributed by atoms with Gasteiger partial charge in [0.05, 0.1) is 12.3 Å². The molecule has 0 fully saturated rings. The van der Waals surface area contributed by atoms with E-state index in [1.54, 1.807) is 12.1 Å². The van der Waals surface area contributed by atoms with Crippen LogP contribution in [0.25, 0.3) is 11.3 Å². The molecule has 0 aliphatic heterocycles. The zero-order valence-corrected chi connectivity index (χ0v) is 15.4. The van der Waals surface area contributed by atoms with Crippen LogP contribution >= 0.6 is 27.3 Å². The van der Waals surface area contributed by atoms with E-state index in [2.05, 4.69) is 26.2 Å². The molecule has 1 aromatic heterocycles. The molecule has 0 unspecified atom stereocenters. The fraction of sp³-hybridized carbons (Fsp3) is 0.111. The fourth-order valence-corrected chi connectivity index (χ4v) is 3.15. The Morgan fingerprint density at radius 3 is 2.71 bits per heavy atom. The van der Waals surface area contributed by atoms with Gasteiger partial charge in [0.1, 0.15) is 5.75 Å². The Balaban J connectivity index is 1.79. The van der Waals surface area contributed by atoms with Gasteiger partial charge in [0.25, 0.3) is 5.91 Å². The second-order valence-electron chi connectivity index (χ2n) is 4.93. The summed E-state index contributed by atoms with van der Waals surface area (Å²) >= 11 is 4.75. The van der Waals surface area contributed by atoms with Crippen LogP contribution < -0.4 is 10.1 Å². The summed E-state index contributed by atoms with van der Waals surface area (Å²) in [5, 5.41) is 5.30. The van der Waals surface area contributed by atoms with E-state index < -0.39 is 0 Å². The highest BCUT2D eigenvalue weighted by atomic mass is 79.9. The number of nitrogens with one attached hydrogen (secondary N) is 1. The maximum absolute atomic E-state index is 12.3. The molecule has 4 nitrogen and oxygen atoms in total. The number of carbonyl (C=O) groups excluding carboxylic acids is 1. The average Bonchev–Trinajstić information content (AvgIpc) is 3.04. The highest BCUT2D eigenvalue weighted by molar-refractivity contribution is 9.10. The number of benzene rings is 2. The van der Waals surface area contributed by atoms with Crippen LogP contribution in [-0.4, -0.2) is 17.5 Å². The Labute approximate surface area is 152 Å². The molecule has 1 amide bonds. The Morgan fingerprint density at radius 2 is 1.96 bits per heavy atom. The van der Waals surface area contributed by atoms with Crippen LogP contribution in [0.2, 0.25) is 0 Å². The summed E-state index contributed by atoms with van der Waals surface area (Å²) < 4.78 is 6.57. The summed E-state index contributed by atoms with van der Waals surface area (Å²) in [6.07, 6.45) is 0. The first-order valence-electron chi connectivity index (χ1n) is 7.42. The maximum atomic E-state index is 12.3. The molecular formula is C18H15BrN2O2S. The predicted molar refractivity (Wildman–Crippen MR) is 101 cm³/mol. The Bertz CT molecular complexity index is 846. The summed E-state index contributed by atoms with van der Waals surface area (Å²) in [6.45, 7) is 2.54. The smallest absolute Gasteiger partial charge is 0.257 e. The summed E-state index contributed by atoms with van der Waals surface area (Å²) in [7, 11) is 0. The quantitative estimate of drug-likeness (QED) is 0.635. The lowest BCUT2D eigenvalue weighted by atomic mass is 10.1. The second kappa shape index (κ2) is 7.59. The van der Waals surface area contributed by atoms with E-state index in [0.29, 0.717) is 17.3 Å². The van der Waals surface area contributed by atoms with Crippen LogP contribution in [0.1, 0.15) is 17.3 Å². The Hall–Kier alpha value is -2.18. The molecule has 1 N–H and O–H groups in total. The summed E-state index contributed by atoms with van der Waals surface area (Å²) in [4.78, 5) is 16.8. The summed E-state index contributed by atoms with van der Waals surface area (Å²) in [6, 6.07) is 14.9. The number of amides is 1. The third kappa shape index (κ3) is 3.83. The first kappa shape index (κ1) is 16.7. The van der Waals surface area contributed by atoms with Crippen molar-refractivity contribution < 1.29 is 9.53 Å². The van der Waals surface area contributed by atoms with E-state index in [-0.39, 0.29) is 5.91 Å². The lowest BCUT2D eigenvalue weighted by Crippen LogP contribution is -2.11. The molecule has 3 aromatic rings. The molecule has 3 rings (SSSR count). The SMILES string of the molecule is CCOc1ccccc1-c1csc(NC(=O)c2ccc(Br)cc2)n1. The molecule has 0 bridgehead atoms. The van der Waals surface area contributed by atoms with Gasteiger partial charge < -0.3 is 4.74 Å². The first-order valence-corrected chi connectivity index (χ1v) is 9.09. The number of rotatable bonds is 5. The van der Waals surface area contributed by atoms with Crippen molar-refractivity contribution in [3.63, 3.8) is 0 Å². The number of nitrogens with zero attached hydrogens (tertiary/aromatic N) is 1. The van der Waals surface area contributed by atoms with Crippen LogP contribution in [-0.2, 0) is 0 Å². The van der Waals surface area contributed by atoms with Crippen molar-refractivity contribution in [3.05, 3.63) is 63.9 Å². The third-order valence-electron chi connectivity index (χ3n) is 3.29. The summed E-state index contributed by atoms with van der Waals surface area (Å²) in [5.74, 6) is 0.609. The van der Waals surface area contributed by atoms with Gasteiger partial charge in [-0.05, 0) is 43.3 Å². The van der Waals surface area contributed by atoms with Crippen LogP contribution in [0.15, 0.2) is 58.4 Å². The van der Waals surface area contributed by atoms with E-state index in [0.717, 1.165) is 21.5 Å². The first-order chi connectivity index (χ1) is 11.7. The third-order valence-corrected chi connectivity index (χ3v) is 4.58. The van der Waals surface area contributed by atoms with Gasteiger partial charge in [-0.25, -0.2) is 4.98 Å². The summed E-state index contributed by atoms with van der Waals surface area (Å²) in [5.41, 5.74) is 2.29. The van der Waals surface area contributed by atoms with Crippen molar-refractivity contribution in [2.45, 2.75) is 6.92 Å². The minimum Gasteiger partial charge on any atom is -0.493 e. The zero-order valence-electron chi connectivity index (χ0n) is 13.0. The Morgan fingerprint density at radius 1 is 1.21 bits per heavy atom. The number of halogens is 1. The highest BCUT2D eigenvalue weighted by Gasteiger charge is 2.12. The topological polar surface area (TPSA) is 51.2 Å². The van der Waals surface area contributed by atoms with Gasteiger partial charge in [-0.15, -0.1) is 11.3 Å². The molecule has 0 aliphatic carbocycles. The molecule has 0 spiro atoms. The number of aromatic nitrogens is 1. The van der Waals surface area contributed by atoms with Crippen LogP contribution in [0.3, 0.4) is 0 Å². The minimum absolute atomic E-state index is 0.179. The van der Waals surface area contributed by atoms with Gasteiger partial charge in [-0.3, -0.25) is 10.1 Å². The molecule has 1 heterocycles. The molecule has 2 aromatic carbocycles. The molecule has 0 saturated carbocycles. The number of ether oxygens (including phenoxy) is 1. The lowest BCUT2D eigenvalue weighted by Gasteiger charge is -2.07. The lowest BCUT2D eigenvalue weighted by molar-refractivity contribution is 0.102. The number of hydrogen-bond acceptors (Lipinski definition) is 4. The van der Waals surface area contributed by atoms with E-state index >= 15 is 0 Å². The van der Waals surface area contributed by atoms with Crippen molar-refractivity contribution in [2.75, 3.05) is 11.9 Å². The van der Waals surface area contributed by atoms with E-state index in [1.807, 2.05) is 48.7 Å². The maximum Gasteiger partial charge on any atom is 0.257 e. The van der Waals surface area contributed by atoms with E-state index in [4.69, 9.17) is 4.74 Å². The normalized spacial score (nSPS) is 10.4. The van der Waals surface area contributed by atoms with E-state index in [1.165, 1.54) is 11.3 Å². The van der Waals surface area contributed by atoms with Crippen molar-refractivity contribution in [1.82, 2.24) is 4.98 Å². The van der Waals surface area contributed by atoms with Crippen molar-refractivity contribution >= 4 is 38.3 Å². The van der Waals surface area contributed by atoms with Crippen LogP contribution in [0.4, 0.5) is 5.13 Å². The number of carbonyl (C=O) groups is 1. The highest BCUT2D eigenvalue weighted by Crippen LogP contribution is 2.32. The number of hydrogen-bond donors (Lipinski definition) is 1. The van der Waals surface area contributed by atoms with Crippen molar-refractivity contribution in [2.24, 2.45) is 0 Å². The number of para-hydroxylation sites is 1. The van der Waals surface area contributed by atoms with Crippen molar-refractivity contribution in [3.8, 4) is 17.0 Å². The zero-order chi connectivity index (χ0) is 16.9. The number of thiazole rings is 1. The molecule has 0 saturated heterocycles. The van der Waals surface area contributed by atoms with Gasteiger partial charge in [0.2, 0.25) is 0 Å². The molecule has 0 aliphatic rings. The van der Waals surface area contributed by atoms with Gasteiger partial charge in [-0.1, -0.05) is 28.1 Å². The minimum atomic E-state index is -0.179. The Kier molecular flexibility index (Phi) is 5.27. The second-order valence-corrected chi connectivity index (χ2v) is 6.70. The monoisotopic (exact) mass is 402 g/mol. The van der Waals surface area contributed by atoms with Gasteiger partial charge >= 0.3 is 0 Å². The fourth-order valence-electron chi connectivity index (χ4n) is 2.19. The van der Waals surface area contributed by atoms with Gasteiger partial charge in [0.15, 0.2) is 5.13 Å². The average molecular weight is 403 g/mol. The molecule has 122 valence electrons. The van der Waals surface area contributed by atoms with Crippen LogP contribution in [0.5, 0.6) is 5.75 Å². The van der Waals surface area contributed by atoms with Crippen molar-refractivity contribution in [1.29, 1.82) is 0 Å². The van der Waals surface area contributed by atoms with Crippen LogP contribution in [0, 0.1) is 0 Å². The van der Waals surface area contributed by atoms with Gasteiger partial charge in [0, 0.05) is 21.0 Å². The molecule has 24 heavy (non-hydrogen) atoms. The standard InChI is InChI=1S/C18H15BrN2O2S/c1-2-23-16-6-4-3-5-14(16)15-11-24-18(20-15)21-17(22)12-7-9-13(19)10-8-12/h3-11H,2H2,1H3,(H,20,21,22). The van der Waals surface area contributed by atoms with Gasteiger partial charge in [-0.2, -0.15) is 0 Å².